The quantitative estimate of drug-likeness (QED) is 0.430. The molecule has 0 saturated carbocycles. The molecule has 0 bridgehead atoms. The zero-order valence-corrected chi connectivity index (χ0v) is 18.1. The molecule has 0 aliphatic carbocycles. The van der Waals surface area contributed by atoms with Crippen molar-refractivity contribution in [3.8, 4) is 23.0 Å². The van der Waals surface area contributed by atoms with Gasteiger partial charge in [-0.25, -0.2) is 4.79 Å². The van der Waals surface area contributed by atoms with Crippen LogP contribution in [0.25, 0.3) is 6.08 Å². The lowest BCUT2D eigenvalue weighted by atomic mass is 10.2. The Balaban J connectivity index is 2.06. The lowest BCUT2D eigenvalue weighted by molar-refractivity contribution is -0.134. The van der Waals surface area contributed by atoms with Gasteiger partial charge in [0.05, 0.1) is 33.1 Å². The van der Waals surface area contributed by atoms with Gasteiger partial charge in [-0.05, 0) is 49.8 Å². The summed E-state index contributed by atoms with van der Waals surface area (Å²) in [5.74, 6) is 1.15. The molecule has 31 heavy (non-hydrogen) atoms. The number of anilines is 1. The number of carbonyl (C=O) groups excluding carboxylic acids is 2. The maximum absolute atomic E-state index is 12.5. The predicted octanol–water partition coefficient (Wildman–Crippen LogP) is 3.70. The summed E-state index contributed by atoms with van der Waals surface area (Å²) in [6.45, 7) is 4.47. The van der Waals surface area contributed by atoms with Crippen LogP contribution in [0.3, 0.4) is 0 Å². The fraction of sp³-hybridized carbons (Fsp3) is 0.304. The standard InChI is InChI=1S/C23H27NO7/c1-5-29-17-9-11-19(30-6-2)18(14-17)24-22(25)15-31-20-10-7-16(13-21(20)27-3)8-12-23(26)28-4/h7-14H,5-6,15H2,1-4H3,(H,24,25). The van der Waals surface area contributed by atoms with Crippen molar-refractivity contribution in [2.24, 2.45) is 0 Å². The fourth-order valence-corrected chi connectivity index (χ4v) is 2.61. The average Bonchev–Trinajstić information content (AvgIpc) is 2.78. The molecule has 8 nitrogen and oxygen atoms in total. The number of benzene rings is 2. The highest BCUT2D eigenvalue weighted by Gasteiger charge is 2.12. The number of ether oxygens (including phenoxy) is 5. The number of hydrogen-bond donors (Lipinski definition) is 1. The van der Waals surface area contributed by atoms with Gasteiger partial charge in [0.2, 0.25) is 0 Å². The highest BCUT2D eigenvalue weighted by Crippen LogP contribution is 2.30. The third-order valence-corrected chi connectivity index (χ3v) is 4.00. The van der Waals surface area contributed by atoms with Crippen molar-refractivity contribution >= 4 is 23.6 Å². The van der Waals surface area contributed by atoms with Crippen LogP contribution in [-0.4, -0.2) is 45.9 Å². The number of methoxy groups -OCH3 is 2. The van der Waals surface area contributed by atoms with Crippen LogP contribution in [0.5, 0.6) is 23.0 Å². The molecule has 2 rings (SSSR count). The molecule has 0 saturated heterocycles. The van der Waals surface area contributed by atoms with Gasteiger partial charge in [0.1, 0.15) is 11.5 Å². The van der Waals surface area contributed by atoms with E-state index in [-0.39, 0.29) is 12.5 Å². The minimum atomic E-state index is -0.462. The van der Waals surface area contributed by atoms with E-state index in [1.165, 1.54) is 20.3 Å². The second kappa shape index (κ2) is 12.1. The molecule has 2 aromatic rings. The van der Waals surface area contributed by atoms with Gasteiger partial charge in [-0.2, -0.15) is 0 Å². The third-order valence-electron chi connectivity index (χ3n) is 4.00. The van der Waals surface area contributed by atoms with Crippen LogP contribution in [0.2, 0.25) is 0 Å². The topological polar surface area (TPSA) is 92.3 Å². The van der Waals surface area contributed by atoms with Gasteiger partial charge in [-0.15, -0.1) is 0 Å². The van der Waals surface area contributed by atoms with Gasteiger partial charge in [0.15, 0.2) is 18.1 Å². The molecule has 1 amide bonds. The largest absolute Gasteiger partial charge is 0.494 e. The van der Waals surface area contributed by atoms with Gasteiger partial charge in [-0.3, -0.25) is 4.79 Å². The zero-order valence-electron chi connectivity index (χ0n) is 18.1. The summed E-state index contributed by atoms with van der Waals surface area (Å²) in [6.07, 6.45) is 2.89. The minimum Gasteiger partial charge on any atom is -0.494 e. The number of amides is 1. The summed E-state index contributed by atoms with van der Waals surface area (Å²) in [5.41, 5.74) is 1.21. The first kappa shape index (κ1) is 23.6. The lowest BCUT2D eigenvalue weighted by Crippen LogP contribution is -2.21. The van der Waals surface area contributed by atoms with Crippen LogP contribution in [0.15, 0.2) is 42.5 Å². The number of esters is 1. The first-order valence-corrected chi connectivity index (χ1v) is 9.77. The molecule has 0 aliphatic rings. The zero-order chi connectivity index (χ0) is 22.6. The Morgan fingerprint density at radius 1 is 0.903 bits per heavy atom. The van der Waals surface area contributed by atoms with Crippen LogP contribution in [0, 0.1) is 0 Å². The van der Waals surface area contributed by atoms with E-state index < -0.39 is 5.97 Å². The summed E-state index contributed by atoms with van der Waals surface area (Å²) in [5, 5.41) is 2.78. The normalized spacial score (nSPS) is 10.5. The van der Waals surface area contributed by atoms with Gasteiger partial charge in [-0.1, -0.05) is 6.07 Å². The van der Waals surface area contributed by atoms with Crippen LogP contribution in [0.4, 0.5) is 5.69 Å². The van der Waals surface area contributed by atoms with E-state index in [2.05, 4.69) is 10.1 Å². The molecule has 0 aliphatic heterocycles. The molecule has 2 aromatic carbocycles. The van der Waals surface area contributed by atoms with E-state index in [9.17, 15) is 9.59 Å². The Morgan fingerprint density at radius 2 is 1.65 bits per heavy atom. The van der Waals surface area contributed by atoms with E-state index in [1.54, 1.807) is 42.5 Å². The van der Waals surface area contributed by atoms with E-state index in [1.807, 2.05) is 13.8 Å². The lowest BCUT2D eigenvalue weighted by Gasteiger charge is -2.14. The van der Waals surface area contributed by atoms with Crippen molar-refractivity contribution in [3.05, 3.63) is 48.0 Å². The van der Waals surface area contributed by atoms with Crippen LogP contribution in [0.1, 0.15) is 19.4 Å². The summed E-state index contributed by atoms with van der Waals surface area (Å²) in [4.78, 5) is 23.7. The van der Waals surface area contributed by atoms with Crippen molar-refractivity contribution < 1.29 is 33.3 Å². The van der Waals surface area contributed by atoms with Crippen molar-refractivity contribution in [2.45, 2.75) is 13.8 Å². The van der Waals surface area contributed by atoms with Crippen LogP contribution in [-0.2, 0) is 14.3 Å². The predicted molar refractivity (Wildman–Crippen MR) is 117 cm³/mol. The number of hydrogen-bond acceptors (Lipinski definition) is 7. The summed E-state index contributed by atoms with van der Waals surface area (Å²) >= 11 is 0. The van der Waals surface area contributed by atoms with Crippen molar-refractivity contribution in [1.29, 1.82) is 0 Å². The van der Waals surface area contributed by atoms with Crippen molar-refractivity contribution in [3.63, 3.8) is 0 Å². The molecule has 0 atom stereocenters. The maximum atomic E-state index is 12.5. The van der Waals surface area contributed by atoms with Crippen LogP contribution < -0.4 is 24.3 Å². The number of rotatable bonds is 11. The summed E-state index contributed by atoms with van der Waals surface area (Å²) < 4.78 is 26.5. The molecule has 0 heterocycles. The molecular weight excluding hydrogens is 402 g/mol. The van der Waals surface area contributed by atoms with E-state index in [4.69, 9.17) is 18.9 Å². The molecule has 0 aromatic heterocycles. The molecule has 0 spiro atoms. The number of nitrogens with one attached hydrogen (secondary N) is 1. The highest BCUT2D eigenvalue weighted by molar-refractivity contribution is 5.93. The van der Waals surface area contributed by atoms with Crippen molar-refractivity contribution in [1.82, 2.24) is 0 Å². The second-order valence-electron chi connectivity index (χ2n) is 6.13. The van der Waals surface area contributed by atoms with Crippen molar-refractivity contribution in [2.75, 3.05) is 39.4 Å². The second-order valence-corrected chi connectivity index (χ2v) is 6.13. The fourth-order valence-electron chi connectivity index (χ4n) is 2.61. The van der Waals surface area contributed by atoms with E-state index in [0.717, 1.165) is 0 Å². The summed E-state index contributed by atoms with van der Waals surface area (Å²) in [6, 6.07) is 10.3. The molecular formula is C23H27NO7. The Morgan fingerprint density at radius 3 is 2.32 bits per heavy atom. The molecule has 0 unspecified atom stereocenters. The minimum absolute atomic E-state index is 0.238. The first-order valence-electron chi connectivity index (χ1n) is 9.77. The Bertz CT molecular complexity index is 924. The van der Waals surface area contributed by atoms with Gasteiger partial charge in [0, 0.05) is 12.1 Å². The average molecular weight is 429 g/mol. The SMILES string of the molecule is CCOc1ccc(OCC)c(NC(=O)COc2ccc(C=CC(=O)OC)cc2OC)c1. The highest BCUT2D eigenvalue weighted by atomic mass is 16.5. The van der Waals surface area contributed by atoms with Gasteiger partial charge in [0.25, 0.3) is 5.91 Å². The molecule has 1 N–H and O–H groups in total. The third kappa shape index (κ3) is 7.26. The van der Waals surface area contributed by atoms with Gasteiger partial charge >= 0.3 is 5.97 Å². The number of carbonyl (C=O) groups is 2. The van der Waals surface area contributed by atoms with E-state index in [0.29, 0.717) is 47.5 Å². The van der Waals surface area contributed by atoms with Crippen LogP contribution >= 0.6 is 0 Å². The summed E-state index contributed by atoms with van der Waals surface area (Å²) in [7, 11) is 2.79. The molecule has 8 heteroatoms. The van der Waals surface area contributed by atoms with E-state index >= 15 is 0 Å². The molecule has 0 fully saturated rings. The Labute approximate surface area is 181 Å². The Hall–Kier alpha value is -3.68. The Kier molecular flexibility index (Phi) is 9.22. The smallest absolute Gasteiger partial charge is 0.330 e. The molecule has 166 valence electrons. The monoisotopic (exact) mass is 429 g/mol. The molecule has 0 radical (unpaired) electrons. The van der Waals surface area contributed by atoms with Gasteiger partial charge < -0.3 is 29.0 Å². The first-order chi connectivity index (χ1) is 15.0. The maximum Gasteiger partial charge on any atom is 0.330 e.